The van der Waals surface area contributed by atoms with Crippen LogP contribution in [-0.4, -0.2) is 50.5 Å². The van der Waals surface area contributed by atoms with Crippen LogP contribution in [0, 0.1) is 22.7 Å². The maximum absolute atomic E-state index is 6.14. The van der Waals surface area contributed by atoms with Gasteiger partial charge < -0.3 is 20.1 Å². The highest BCUT2D eigenvalue weighted by atomic mass is 16.5. The summed E-state index contributed by atoms with van der Waals surface area (Å²) in [6, 6.07) is 0.986. The number of aliphatic imine (C=N–C) groups is 1. The fourth-order valence-corrected chi connectivity index (χ4v) is 7.18. The highest BCUT2D eigenvalue weighted by molar-refractivity contribution is 5.81. The smallest absolute Gasteiger partial charge is 0.191 e. The van der Waals surface area contributed by atoms with Crippen molar-refractivity contribution in [3.63, 3.8) is 0 Å². The molecule has 5 fully saturated rings. The largest absolute Gasteiger partial charge is 0.377 e. The summed E-state index contributed by atoms with van der Waals surface area (Å²) in [5.74, 6) is 2.29. The van der Waals surface area contributed by atoms with Crippen LogP contribution < -0.4 is 10.6 Å². The van der Waals surface area contributed by atoms with Crippen LogP contribution in [0.4, 0.5) is 0 Å². The first-order valence-electron chi connectivity index (χ1n) is 10.8. The fraction of sp³-hybridized carbons (Fsp3) is 0.952. The summed E-state index contributed by atoms with van der Waals surface area (Å²) in [4.78, 5) is 4.62. The molecule has 146 valence electrons. The lowest BCUT2D eigenvalue weighted by atomic mass is 9.54. The maximum atomic E-state index is 6.14. The Hall–Kier alpha value is -0.810. The van der Waals surface area contributed by atoms with Crippen LogP contribution >= 0.6 is 0 Å². The number of hydrogen-bond donors (Lipinski definition) is 2. The Labute approximate surface area is 157 Å². The van der Waals surface area contributed by atoms with E-state index in [1.807, 2.05) is 7.05 Å². The van der Waals surface area contributed by atoms with E-state index in [0.717, 1.165) is 19.2 Å². The van der Waals surface area contributed by atoms with Crippen molar-refractivity contribution in [1.29, 1.82) is 0 Å². The monoisotopic (exact) mass is 361 g/mol. The summed E-state index contributed by atoms with van der Waals surface area (Å²) in [5.41, 5.74) is 0.538. The summed E-state index contributed by atoms with van der Waals surface area (Å²) in [7, 11) is 1.92. The second-order valence-electron chi connectivity index (χ2n) is 9.92. The van der Waals surface area contributed by atoms with Gasteiger partial charge in [-0.2, -0.15) is 0 Å². The Bertz CT molecular complexity index is 584. The molecule has 5 heteroatoms. The van der Waals surface area contributed by atoms with Gasteiger partial charge in [0.15, 0.2) is 5.96 Å². The topological polar surface area (TPSA) is 54.9 Å². The van der Waals surface area contributed by atoms with Crippen LogP contribution in [0.3, 0.4) is 0 Å². The average molecular weight is 362 g/mol. The lowest BCUT2D eigenvalue weighted by Gasteiger charge is -2.61. The normalized spacial score (nSPS) is 45.4. The van der Waals surface area contributed by atoms with Crippen molar-refractivity contribution in [2.45, 2.75) is 83.1 Å². The molecule has 0 amide bonds. The molecule has 0 aromatic carbocycles. The lowest BCUT2D eigenvalue weighted by Crippen LogP contribution is -2.73. The molecule has 0 aromatic heterocycles. The average Bonchev–Trinajstić information content (AvgIpc) is 3.30. The van der Waals surface area contributed by atoms with E-state index in [9.17, 15) is 0 Å². The maximum Gasteiger partial charge on any atom is 0.191 e. The minimum Gasteiger partial charge on any atom is -0.377 e. The van der Waals surface area contributed by atoms with Gasteiger partial charge in [0.2, 0.25) is 0 Å². The van der Waals surface area contributed by atoms with Gasteiger partial charge in [-0.05, 0) is 32.1 Å². The highest BCUT2D eigenvalue weighted by Gasteiger charge is 2.65. The van der Waals surface area contributed by atoms with E-state index < -0.39 is 0 Å². The molecular weight excluding hydrogens is 326 g/mol. The second-order valence-corrected chi connectivity index (χ2v) is 9.92. The zero-order chi connectivity index (χ0) is 17.9. The molecule has 2 saturated heterocycles. The summed E-state index contributed by atoms with van der Waals surface area (Å²) in [6.07, 6.45) is 9.91. The number of guanidine groups is 1. The van der Waals surface area contributed by atoms with Crippen LogP contribution in [-0.2, 0) is 9.47 Å². The molecule has 0 bridgehead atoms. The van der Waals surface area contributed by atoms with Crippen molar-refractivity contribution in [2.24, 2.45) is 27.7 Å². The molecule has 5 aliphatic rings. The second kappa shape index (κ2) is 6.10. The lowest BCUT2D eigenvalue weighted by molar-refractivity contribution is -0.188. The number of nitrogens with zero attached hydrogens (tertiary/aromatic N) is 1. The van der Waals surface area contributed by atoms with Gasteiger partial charge in [-0.3, -0.25) is 4.99 Å². The van der Waals surface area contributed by atoms with Gasteiger partial charge in [0.05, 0.1) is 12.2 Å². The standard InChI is InChI=1S/C21H35N3O2/c1-20(2)15(13-7-6-11-25-17(13)20)23-19(22-3)24-16-14-8-12-26-18(14)21(16)9-4-5-10-21/h13-18H,4-12H2,1-3H3,(H2,22,23,24). The van der Waals surface area contributed by atoms with E-state index in [1.165, 1.54) is 44.9 Å². The zero-order valence-corrected chi connectivity index (χ0v) is 16.6. The molecule has 3 aliphatic carbocycles. The Kier molecular flexibility index (Phi) is 4.06. The molecule has 5 nitrogen and oxygen atoms in total. The minimum absolute atomic E-state index is 0.173. The van der Waals surface area contributed by atoms with Crippen molar-refractivity contribution < 1.29 is 9.47 Å². The molecule has 6 atom stereocenters. The predicted octanol–water partition coefficient (Wildman–Crippen LogP) is 2.70. The fourth-order valence-electron chi connectivity index (χ4n) is 7.18. The number of fused-ring (bicyclic) bond motifs is 3. The van der Waals surface area contributed by atoms with E-state index in [4.69, 9.17) is 9.47 Å². The molecule has 1 spiro atoms. The molecule has 6 unspecified atom stereocenters. The van der Waals surface area contributed by atoms with Gasteiger partial charge in [-0.15, -0.1) is 0 Å². The van der Waals surface area contributed by atoms with E-state index in [2.05, 4.69) is 29.5 Å². The third-order valence-electron chi connectivity index (χ3n) is 8.43. The molecule has 5 rings (SSSR count). The summed E-state index contributed by atoms with van der Waals surface area (Å²) in [6.45, 7) is 6.55. The summed E-state index contributed by atoms with van der Waals surface area (Å²) >= 11 is 0. The SMILES string of the molecule is CN=C(NC1C2CCCOC2C1(C)C)NC1C2CCOC2C12CCCC2. The van der Waals surface area contributed by atoms with Crippen LogP contribution in [0.15, 0.2) is 4.99 Å². The first-order chi connectivity index (χ1) is 12.6. The van der Waals surface area contributed by atoms with Crippen LogP contribution in [0.5, 0.6) is 0 Å². The molecule has 2 heterocycles. The molecule has 0 radical (unpaired) electrons. The van der Waals surface area contributed by atoms with Gasteiger partial charge in [-0.25, -0.2) is 0 Å². The van der Waals surface area contributed by atoms with Crippen molar-refractivity contribution in [3.8, 4) is 0 Å². The molecule has 26 heavy (non-hydrogen) atoms. The van der Waals surface area contributed by atoms with Crippen LogP contribution in [0.2, 0.25) is 0 Å². The van der Waals surface area contributed by atoms with Crippen LogP contribution in [0.25, 0.3) is 0 Å². The molecule has 3 saturated carbocycles. The Balaban J connectivity index is 1.29. The van der Waals surface area contributed by atoms with E-state index in [-0.39, 0.29) is 5.41 Å². The van der Waals surface area contributed by atoms with Gasteiger partial charge in [0.25, 0.3) is 0 Å². The van der Waals surface area contributed by atoms with Gasteiger partial charge >= 0.3 is 0 Å². The van der Waals surface area contributed by atoms with Crippen molar-refractivity contribution in [2.75, 3.05) is 20.3 Å². The number of rotatable bonds is 2. The van der Waals surface area contributed by atoms with Crippen LogP contribution in [0.1, 0.15) is 58.8 Å². The third-order valence-corrected chi connectivity index (χ3v) is 8.43. The first-order valence-corrected chi connectivity index (χ1v) is 10.8. The zero-order valence-electron chi connectivity index (χ0n) is 16.6. The predicted molar refractivity (Wildman–Crippen MR) is 102 cm³/mol. The first kappa shape index (κ1) is 17.3. The Morgan fingerprint density at radius 2 is 1.58 bits per heavy atom. The van der Waals surface area contributed by atoms with Gasteiger partial charge in [-0.1, -0.05) is 26.7 Å². The third kappa shape index (κ3) is 2.25. The van der Waals surface area contributed by atoms with E-state index in [1.54, 1.807) is 0 Å². The molecule has 2 N–H and O–H groups in total. The summed E-state index contributed by atoms with van der Waals surface area (Å²) in [5, 5.41) is 7.65. The van der Waals surface area contributed by atoms with E-state index >= 15 is 0 Å². The van der Waals surface area contributed by atoms with E-state index in [0.29, 0.717) is 41.5 Å². The van der Waals surface area contributed by atoms with Gasteiger partial charge in [0.1, 0.15) is 0 Å². The quantitative estimate of drug-likeness (QED) is 0.587. The molecular formula is C21H35N3O2. The Morgan fingerprint density at radius 3 is 2.35 bits per heavy atom. The minimum atomic E-state index is 0.173. The summed E-state index contributed by atoms with van der Waals surface area (Å²) < 4.78 is 12.2. The van der Waals surface area contributed by atoms with Crippen molar-refractivity contribution >= 4 is 5.96 Å². The van der Waals surface area contributed by atoms with Gasteiger partial charge in [0, 0.05) is 55.0 Å². The van der Waals surface area contributed by atoms with Crippen molar-refractivity contribution in [1.82, 2.24) is 10.6 Å². The molecule has 0 aromatic rings. The number of hydrogen-bond acceptors (Lipinski definition) is 3. The van der Waals surface area contributed by atoms with Crippen molar-refractivity contribution in [3.05, 3.63) is 0 Å². The molecule has 2 aliphatic heterocycles. The number of ether oxygens (including phenoxy) is 2. The number of nitrogens with one attached hydrogen (secondary N) is 2. The highest BCUT2D eigenvalue weighted by Crippen LogP contribution is 2.60. The Morgan fingerprint density at radius 1 is 0.885 bits per heavy atom.